The molecule has 0 radical (unpaired) electrons. The molecule has 0 aliphatic rings. The molecule has 0 aliphatic carbocycles. The highest BCUT2D eigenvalue weighted by Gasteiger charge is 1.89. The van der Waals surface area contributed by atoms with Crippen LogP contribution in [0.1, 0.15) is 19.3 Å². The van der Waals surface area contributed by atoms with Gasteiger partial charge in [0.1, 0.15) is 0 Å². The van der Waals surface area contributed by atoms with Crippen molar-refractivity contribution in [3.8, 4) is 0 Å². The Balaban J connectivity index is 0. The molecule has 0 aromatic rings. The van der Waals surface area contributed by atoms with Crippen molar-refractivity contribution < 1.29 is 10.2 Å². The van der Waals surface area contributed by atoms with E-state index in [0.717, 1.165) is 25.9 Å². The van der Waals surface area contributed by atoms with Crippen molar-refractivity contribution in [2.24, 2.45) is 0 Å². The van der Waals surface area contributed by atoms with Crippen LogP contribution in [0.3, 0.4) is 0 Å². The van der Waals surface area contributed by atoms with Gasteiger partial charge in [0.25, 0.3) is 0 Å². The number of rotatable bonds is 10. The largest absolute Gasteiger partial charge is 0.395 e. The van der Waals surface area contributed by atoms with Gasteiger partial charge in [-0.1, -0.05) is 6.42 Å². The van der Waals surface area contributed by atoms with E-state index in [2.05, 4.69) is 10.6 Å². The molecule has 0 aliphatic heterocycles. The van der Waals surface area contributed by atoms with Crippen molar-refractivity contribution in [1.29, 1.82) is 0 Å². The van der Waals surface area contributed by atoms with Gasteiger partial charge in [0.05, 0.1) is 13.2 Å². The Morgan fingerprint density at radius 3 is 1.43 bits per heavy atom. The molecule has 4 nitrogen and oxygen atoms in total. The topological polar surface area (TPSA) is 64.5 Å². The van der Waals surface area contributed by atoms with Crippen LogP contribution >= 0.6 is 12.4 Å². The maximum absolute atomic E-state index is 8.47. The van der Waals surface area contributed by atoms with Crippen LogP contribution in [0.4, 0.5) is 0 Å². The lowest BCUT2D eigenvalue weighted by atomic mass is 10.2. The van der Waals surface area contributed by atoms with E-state index in [9.17, 15) is 0 Å². The Morgan fingerprint density at radius 2 is 1.07 bits per heavy atom. The molecule has 0 bridgehead atoms. The molecule has 0 fully saturated rings. The molecular formula is C9H23ClN2O2. The van der Waals surface area contributed by atoms with Crippen LogP contribution < -0.4 is 10.6 Å². The molecule has 0 heterocycles. The first-order chi connectivity index (χ1) is 6.41. The molecular weight excluding hydrogens is 204 g/mol. The van der Waals surface area contributed by atoms with Crippen molar-refractivity contribution in [2.75, 3.05) is 39.4 Å². The molecule has 5 heteroatoms. The molecule has 14 heavy (non-hydrogen) atoms. The summed E-state index contributed by atoms with van der Waals surface area (Å²) in [6.45, 7) is 3.81. The van der Waals surface area contributed by atoms with Gasteiger partial charge in [0, 0.05) is 13.1 Å². The Kier molecular flexibility index (Phi) is 18.4. The maximum Gasteiger partial charge on any atom is 0.0555 e. The fraction of sp³-hybridized carbons (Fsp3) is 1.00. The summed E-state index contributed by atoms with van der Waals surface area (Å²) in [5, 5.41) is 23.2. The second kappa shape index (κ2) is 15.6. The lowest BCUT2D eigenvalue weighted by molar-refractivity contribution is 0.290. The number of unbranched alkanes of at least 4 members (excludes halogenated alkanes) is 2. The fourth-order valence-corrected chi connectivity index (χ4v) is 1.08. The quantitative estimate of drug-likeness (QED) is 0.388. The van der Waals surface area contributed by atoms with E-state index in [1.165, 1.54) is 6.42 Å². The second-order valence-corrected chi connectivity index (χ2v) is 3.01. The lowest BCUT2D eigenvalue weighted by Crippen LogP contribution is -2.21. The summed E-state index contributed by atoms with van der Waals surface area (Å²) in [4.78, 5) is 0. The average molecular weight is 227 g/mol. The predicted octanol–water partition coefficient (Wildman–Crippen LogP) is -0.258. The number of aliphatic hydroxyl groups excluding tert-OH is 2. The maximum atomic E-state index is 8.47. The van der Waals surface area contributed by atoms with Crippen LogP contribution in [0.25, 0.3) is 0 Å². The van der Waals surface area contributed by atoms with E-state index in [-0.39, 0.29) is 25.6 Å². The van der Waals surface area contributed by atoms with Crippen LogP contribution in [-0.2, 0) is 0 Å². The third-order valence-electron chi connectivity index (χ3n) is 1.78. The Bertz CT molecular complexity index is 86.9. The van der Waals surface area contributed by atoms with Crippen molar-refractivity contribution in [2.45, 2.75) is 19.3 Å². The summed E-state index contributed by atoms with van der Waals surface area (Å²) >= 11 is 0. The van der Waals surface area contributed by atoms with Gasteiger partial charge in [0.2, 0.25) is 0 Å². The van der Waals surface area contributed by atoms with Crippen molar-refractivity contribution >= 4 is 12.4 Å². The molecule has 0 amide bonds. The highest BCUT2D eigenvalue weighted by molar-refractivity contribution is 5.85. The monoisotopic (exact) mass is 226 g/mol. The number of hydrogen-bond acceptors (Lipinski definition) is 4. The molecule has 0 spiro atoms. The van der Waals surface area contributed by atoms with Crippen molar-refractivity contribution in [3.05, 3.63) is 0 Å². The number of aliphatic hydroxyl groups is 2. The average Bonchev–Trinajstić information content (AvgIpc) is 2.16. The van der Waals surface area contributed by atoms with Gasteiger partial charge >= 0.3 is 0 Å². The Morgan fingerprint density at radius 1 is 0.643 bits per heavy atom. The van der Waals surface area contributed by atoms with E-state index >= 15 is 0 Å². The first kappa shape index (κ1) is 16.6. The zero-order valence-corrected chi connectivity index (χ0v) is 9.48. The van der Waals surface area contributed by atoms with Gasteiger partial charge in [-0.15, -0.1) is 12.4 Å². The molecule has 0 aromatic carbocycles. The highest BCUT2D eigenvalue weighted by atomic mass is 35.5. The molecule has 0 saturated heterocycles. The van der Waals surface area contributed by atoms with Gasteiger partial charge in [-0.05, 0) is 25.9 Å². The first-order valence-corrected chi connectivity index (χ1v) is 5.05. The summed E-state index contributed by atoms with van der Waals surface area (Å²) in [7, 11) is 0. The normalized spacial score (nSPS) is 9.86. The van der Waals surface area contributed by atoms with Crippen LogP contribution in [0.5, 0.6) is 0 Å². The summed E-state index contributed by atoms with van der Waals surface area (Å²) in [5.74, 6) is 0. The van der Waals surface area contributed by atoms with Crippen molar-refractivity contribution in [3.63, 3.8) is 0 Å². The van der Waals surface area contributed by atoms with Crippen molar-refractivity contribution in [1.82, 2.24) is 10.6 Å². The summed E-state index contributed by atoms with van der Waals surface area (Å²) in [5.41, 5.74) is 0. The third-order valence-corrected chi connectivity index (χ3v) is 1.78. The summed E-state index contributed by atoms with van der Waals surface area (Å²) in [6.07, 6.45) is 3.50. The van der Waals surface area contributed by atoms with E-state index in [1.807, 2.05) is 0 Å². The summed E-state index contributed by atoms with van der Waals surface area (Å²) in [6, 6.07) is 0. The second-order valence-electron chi connectivity index (χ2n) is 3.01. The zero-order valence-electron chi connectivity index (χ0n) is 8.67. The van der Waals surface area contributed by atoms with Gasteiger partial charge in [-0.25, -0.2) is 0 Å². The minimum atomic E-state index is 0. The third kappa shape index (κ3) is 14.6. The first-order valence-electron chi connectivity index (χ1n) is 5.05. The van der Waals surface area contributed by atoms with Crippen LogP contribution in [0.15, 0.2) is 0 Å². The van der Waals surface area contributed by atoms with Crippen LogP contribution in [-0.4, -0.2) is 49.6 Å². The molecule has 88 valence electrons. The van der Waals surface area contributed by atoms with Crippen LogP contribution in [0, 0.1) is 0 Å². The Hall–Kier alpha value is 0.130. The van der Waals surface area contributed by atoms with E-state index < -0.39 is 0 Å². The summed E-state index contributed by atoms with van der Waals surface area (Å²) < 4.78 is 0. The molecule has 0 unspecified atom stereocenters. The molecule has 4 N–H and O–H groups in total. The van der Waals surface area contributed by atoms with Crippen LogP contribution in [0.2, 0.25) is 0 Å². The highest BCUT2D eigenvalue weighted by Crippen LogP contribution is 1.91. The zero-order chi connectivity index (χ0) is 9.78. The predicted molar refractivity (Wildman–Crippen MR) is 61.0 cm³/mol. The molecule has 0 saturated carbocycles. The Labute approximate surface area is 92.5 Å². The van der Waals surface area contributed by atoms with E-state index in [0.29, 0.717) is 13.1 Å². The standard InChI is InChI=1S/C9H22N2O2.ClH/c12-8-6-10-4-2-1-3-5-11-7-9-13;/h10-13H,1-9H2;1H. The number of halogens is 1. The number of nitrogens with one attached hydrogen (secondary N) is 2. The lowest BCUT2D eigenvalue weighted by Gasteiger charge is -2.03. The van der Waals surface area contributed by atoms with Gasteiger partial charge in [-0.2, -0.15) is 0 Å². The molecule has 0 aromatic heterocycles. The van der Waals surface area contributed by atoms with E-state index in [4.69, 9.17) is 10.2 Å². The fourth-order valence-electron chi connectivity index (χ4n) is 1.08. The van der Waals surface area contributed by atoms with Gasteiger partial charge in [0.15, 0.2) is 0 Å². The van der Waals surface area contributed by atoms with E-state index in [1.54, 1.807) is 0 Å². The van der Waals surface area contributed by atoms with Gasteiger partial charge in [-0.3, -0.25) is 0 Å². The molecule has 0 atom stereocenters. The minimum Gasteiger partial charge on any atom is -0.395 e. The SMILES string of the molecule is Cl.OCCNCCCCCNCCO. The van der Waals surface area contributed by atoms with Gasteiger partial charge < -0.3 is 20.8 Å². The number of hydrogen-bond donors (Lipinski definition) is 4. The minimum absolute atomic E-state index is 0. The molecule has 0 rings (SSSR count). The smallest absolute Gasteiger partial charge is 0.0555 e.